The van der Waals surface area contributed by atoms with E-state index in [1.54, 1.807) is 0 Å². The lowest BCUT2D eigenvalue weighted by atomic mass is 9.87. The smallest absolute Gasteiger partial charge is 0.223 e. The predicted molar refractivity (Wildman–Crippen MR) is 76.1 cm³/mol. The lowest BCUT2D eigenvalue weighted by Gasteiger charge is -2.30. The molecule has 2 amide bonds. The van der Waals surface area contributed by atoms with Crippen LogP contribution in [0.15, 0.2) is 0 Å². The molecule has 0 unspecified atom stereocenters. The van der Waals surface area contributed by atoms with Gasteiger partial charge < -0.3 is 15.4 Å². The summed E-state index contributed by atoms with van der Waals surface area (Å²) in [5.74, 6) is 0.339. The summed E-state index contributed by atoms with van der Waals surface area (Å²) in [5, 5.41) is 5.93. The van der Waals surface area contributed by atoms with Crippen molar-refractivity contribution >= 4 is 11.8 Å². The van der Waals surface area contributed by atoms with E-state index in [0.29, 0.717) is 18.9 Å². The normalized spacial score (nSPS) is 30.4. The zero-order valence-electron chi connectivity index (χ0n) is 12.5. The Morgan fingerprint density at radius 1 is 1.50 bits per heavy atom. The zero-order valence-corrected chi connectivity index (χ0v) is 12.5. The third kappa shape index (κ3) is 4.47. The van der Waals surface area contributed by atoms with Crippen molar-refractivity contribution in [2.45, 2.75) is 58.1 Å². The highest BCUT2D eigenvalue weighted by atomic mass is 16.5. The number of hydrogen-bond donors (Lipinski definition) is 2. The van der Waals surface area contributed by atoms with Crippen molar-refractivity contribution in [3.63, 3.8) is 0 Å². The Bertz CT molecular complexity index is 351. The monoisotopic (exact) mass is 282 g/mol. The molecule has 2 rings (SSSR count). The standard InChI is InChI=1S/C15H26N2O3/c1-10(2)6-12-7-11(8-14(18)17-12)15(19)16-9-13-4-3-5-20-13/h10-13H,3-9H2,1-2H3,(H,16,19)(H,17,18)/t11-,12+,13+/m0/s1. The predicted octanol–water partition coefficient (Wildman–Crippen LogP) is 1.22. The number of ether oxygens (including phenoxy) is 1. The van der Waals surface area contributed by atoms with E-state index in [4.69, 9.17) is 4.74 Å². The van der Waals surface area contributed by atoms with E-state index in [1.165, 1.54) is 0 Å². The molecule has 0 spiro atoms. The lowest BCUT2D eigenvalue weighted by molar-refractivity contribution is -0.134. The minimum Gasteiger partial charge on any atom is -0.376 e. The summed E-state index contributed by atoms with van der Waals surface area (Å²) >= 11 is 0. The Balaban J connectivity index is 1.79. The second-order valence-corrected chi connectivity index (χ2v) is 6.41. The minimum absolute atomic E-state index is 0.000772. The Morgan fingerprint density at radius 3 is 2.95 bits per heavy atom. The van der Waals surface area contributed by atoms with Crippen LogP contribution >= 0.6 is 0 Å². The molecule has 20 heavy (non-hydrogen) atoms. The van der Waals surface area contributed by atoms with Crippen molar-refractivity contribution in [2.75, 3.05) is 13.2 Å². The van der Waals surface area contributed by atoms with Gasteiger partial charge in [-0.05, 0) is 31.6 Å². The molecule has 0 aromatic rings. The number of rotatable bonds is 5. The Labute approximate surface area is 120 Å². The first kappa shape index (κ1) is 15.3. The fraction of sp³-hybridized carbons (Fsp3) is 0.867. The molecule has 0 aromatic heterocycles. The highest BCUT2D eigenvalue weighted by Crippen LogP contribution is 2.22. The van der Waals surface area contributed by atoms with E-state index in [2.05, 4.69) is 24.5 Å². The van der Waals surface area contributed by atoms with Gasteiger partial charge in [0.1, 0.15) is 0 Å². The van der Waals surface area contributed by atoms with Gasteiger partial charge in [-0.2, -0.15) is 0 Å². The van der Waals surface area contributed by atoms with Crippen LogP contribution in [0, 0.1) is 11.8 Å². The van der Waals surface area contributed by atoms with Crippen molar-refractivity contribution in [3.05, 3.63) is 0 Å². The molecule has 5 nitrogen and oxygen atoms in total. The molecule has 2 aliphatic rings. The summed E-state index contributed by atoms with van der Waals surface area (Å²) in [6.45, 7) is 5.63. The summed E-state index contributed by atoms with van der Waals surface area (Å²) < 4.78 is 5.49. The molecule has 0 aromatic carbocycles. The van der Waals surface area contributed by atoms with E-state index in [9.17, 15) is 9.59 Å². The van der Waals surface area contributed by atoms with Crippen LogP contribution in [0.3, 0.4) is 0 Å². The number of nitrogens with one attached hydrogen (secondary N) is 2. The molecule has 5 heteroatoms. The highest BCUT2D eigenvalue weighted by molar-refractivity contribution is 5.87. The largest absolute Gasteiger partial charge is 0.376 e. The molecule has 114 valence electrons. The number of carbonyl (C=O) groups is 2. The second kappa shape index (κ2) is 7.07. The Morgan fingerprint density at radius 2 is 2.30 bits per heavy atom. The van der Waals surface area contributed by atoms with Gasteiger partial charge in [-0.3, -0.25) is 9.59 Å². The SMILES string of the molecule is CC(C)C[C@@H]1C[C@H](C(=O)NC[C@H]2CCCO2)CC(=O)N1. The Kier molecular flexibility index (Phi) is 5.40. The summed E-state index contributed by atoms with van der Waals surface area (Å²) in [4.78, 5) is 23.9. The lowest BCUT2D eigenvalue weighted by Crippen LogP contribution is -2.48. The van der Waals surface area contributed by atoms with Crippen molar-refractivity contribution in [1.29, 1.82) is 0 Å². The first-order valence-electron chi connectivity index (χ1n) is 7.73. The van der Waals surface area contributed by atoms with Crippen LogP contribution in [0.4, 0.5) is 0 Å². The van der Waals surface area contributed by atoms with E-state index in [0.717, 1.165) is 32.3 Å². The van der Waals surface area contributed by atoms with Crippen molar-refractivity contribution in [1.82, 2.24) is 10.6 Å². The number of piperidine rings is 1. The maximum atomic E-state index is 12.2. The highest BCUT2D eigenvalue weighted by Gasteiger charge is 2.31. The van der Waals surface area contributed by atoms with Gasteiger partial charge in [-0.15, -0.1) is 0 Å². The third-order valence-electron chi connectivity index (χ3n) is 4.02. The third-order valence-corrected chi connectivity index (χ3v) is 4.02. The van der Waals surface area contributed by atoms with Gasteiger partial charge in [-0.25, -0.2) is 0 Å². The topological polar surface area (TPSA) is 67.4 Å². The Hall–Kier alpha value is -1.10. The summed E-state index contributed by atoms with van der Waals surface area (Å²) in [7, 11) is 0. The van der Waals surface area contributed by atoms with Gasteiger partial charge in [0.2, 0.25) is 11.8 Å². The molecular weight excluding hydrogens is 256 g/mol. The average molecular weight is 282 g/mol. The van der Waals surface area contributed by atoms with Gasteiger partial charge >= 0.3 is 0 Å². The first-order chi connectivity index (χ1) is 9.54. The van der Waals surface area contributed by atoms with Crippen LogP contribution < -0.4 is 10.6 Å². The van der Waals surface area contributed by atoms with Crippen molar-refractivity contribution in [2.24, 2.45) is 11.8 Å². The van der Waals surface area contributed by atoms with Crippen LogP contribution in [-0.4, -0.2) is 37.1 Å². The summed E-state index contributed by atoms with van der Waals surface area (Å²) in [6.07, 6.45) is 4.24. The zero-order chi connectivity index (χ0) is 14.5. The molecule has 2 heterocycles. The second-order valence-electron chi connectivity index (χ2n) is 6.41. The number of hydrogen-bond acceptors (Lipinski definition) is 3. The molecule has 2 aliphatic heterocycles. The molecule has 2 saturated heterocycles. The van der Waals surface area contributed by atoms with Gasteiger partial charge in [0.05, 0.1) is 6.10 Å². The maximum Gasteiger partial charge on any atom is 0.223 e. The molecule has 2 N–H and O–H groups in total. The molecule has 0 radical (unpaired) electrons. The molecule has 0 saturated carbocycles. The minimum atomic E-state index is -0.186. The van der Waals surface area contributed by atoms with E-state index >= 15 is 0 Å². The van der Waals surface area contributed by atoms with Gasteiger partial charge in [-0.1, -0.05) is 13.8 Å². The van der Waals surface area contributed by atoms with Gasteiger partial charge in [0.25, 0.3) is 0 Å². The first-order valence-corrected chi connectivity index (χ1v) is 7.73. The van der Waals surface area contributed by atoms with E-state index in [1.807, 2.05) is 0 Å². The maximum absolute atomic E-state index is 12.2. The van der Waals surface area contributed by atoms with Gasteiger partial charge in [0, 0.05) is 31.5 Å². The van der Waals surface area contributed by atoms with Crippen LogP contribution in [0.2, 0.25) is 0 Å². The van der Waals surface area contributed by atoms with Gasteiger partial charge in [0.15, 0.2) is 0 Å². The number of amides is 2. The molecular formula is C15H26N2O3. The van der Waals surface area contributed by atoms with Crippen molar-refractivity contribution < 1.29 is 14.3 Å². The molecule has 3 atom stereocenters. The quantitative estimate of drug-likeness (QED) is 0.797. The summed E-state index contributed by atoms with van der Waals surface area (Å²) in [6, 6.07) is 0.134. The fourth-order valence-corrected chi connectivity index (χ4v) is 3.08. The van der Waals surface area contributed by atoms with Crippen LogP contribution in [0.25, 0.3) is 0 Å². The number of carbonyl (C=O) groups excluding carboxylic acids is 2. The fourth-order valence-electron chi connectivity index (χ4n) is 3.08. The van der Waals surface area contributed by atoms with Crippen LogP contribution in [0.1, 0.15) is 46.0 Å². The summed E-state index contributed by atoms with van der Waals surface area (Å²) in [5.41, 5.74) is 0. The van der Waals surface area contributed by atoms with Crippen molar-refractivity contribution in [3.8, 4) is 0 Å². The molecule has 0 bridgehead atoms. The van der Waals surface area contributed by atoms with Crippen LogP contribution in [-0.2, 0) is 14.3 Å². The molecule has 2 fully saturated rings. The van der Waals surface area contributed by atoms with E-state index in [-0.39, 0.29) is 29.9 Å². The van der Waals surface area contributed by atoms with Crippen LogP contribution in [0.5, 0.6) is 0 Å². The van der Waals surface area contributed by atoms with E-state index < -0.39 is 0 Å². The average Bonchev–Trinajstić information content (AvgIpc) is 2.87. The molecule has 0 aliphatic carbocycles.